The summed E-state index contributed by atoms with van der Waals surface area (Å²) in [6.45, 7) is 5.40. The van der Waals surface area contributed by atoms with Gasteiger partial charge >= 0.3 is 0 Å². The summed E-state index contributed by atoms with van der Waals surface area (Å²) in [5.74, 6) is 3.51. The van der Waals surface area contributed by atoms with Gasteiger partial charge in [0.2, 0.25) is 0 Å². The molecule has 4 atom stereocenters. The third kappa shape index (κ3) is 2.64. The van der Waals surface area contributed by atoms with Crippen LogP contribution in [0.4, 0.5) is 0 Å². The van der Waals surface area contributed by atoms with E-state index in [1.807, 2.05) is 7.05 Å². The molecule has 1 heterocycles. The maximum Gasteiger partial charge on any atom is 0.127 e. The number of hydrogen-bond donors (Lipinski definition) is 1. The van der Waals surface area contributed by atoms with Gasteiger partial charge in [-0.2, -0.15) is 0 Å². The van der Waals surface area contributed by atoms with E-state index in [4.69, 9.17) is 9.47 Å². The van der Waals surface area contributed by atoms with Gasteiger partial charge in [-0.05, 0) is 50.3 Å². The Bertz CT molecular complexity index is 474. The third-order valence-corrected chi connectivity index (χ3v) is 4.97. The molecule has 0 aromatic heterocycles. The van der Waals surface area contributed by atoms with Gasteiger partial charge < -0.3 is 14.8 Å². The number of rotatable bonds is 3. The van der Waals surface area contributed by atoms with Gasteiger partial charge in [0.25, 0.3) is 0 Å². The quantitative estimate of drug-likeness (QED) is 0.915. The van der Waals surface area contributed by atoms with Crippen molar-refractivity contribution in [1.29, 1.82) is 0 Å². The van der Waals surface area contributed by atoms with Crippen molar-refractivity contribution in [1.82, 2.24) is 5.32 Å². The fourth-order valence-electron chi connectivity index (χ4n) is 3.30. The molecule has 3 heteroatoms. The van der Waals surface area contributed by atoms with Crippen LogP contribution < -0.4 is 14.8 Å². The summed E-state index contributed by atoms with van der Waals surface area (Å²) in [5.41, 5.74) is 1.24. The van der Waals surface area contributed by atoms with Crippen LogP contribution >= 0.6 is 0 Å². The maximum absolute atomic E-state index is 6.17. The van der Waals surface area contributed by atoms with E-state index in [0.29, 0.717) is 18.8 Å². The SMILES string of the molecule is CNC1COc2cc(OC3CCC(C)C(C)C3)ccc21. The van der Waals surface area contributed by atoms with Gasteiger partial charge in [0.05, 0.1) is 12.1 Å². The second kappa shape index (κ2) is 5.65. The Morgan fingerprint density at radius 3 is 2.80 bits per heavy atom. The number of hydrogen-bond acceptors (Lipinski definition) is 3. The molecule has 1 aromatic carbocycles. The van der Waals surface area contributed by atoms with E-state index in [0.717, 1.165) is 29.8 Å². The van der Waals surface area contributed by atoms with Crippen LogP contribution in [0.2, 0.25) is 0 Å². The van der Waals surface area contributed by atoms with E-state index in [9.17, 15) is 0 Å². The van der Waals surface area contributed by atoms with Crippen molar-refractivity contribution in [2.45, 2.75) is 45.3 Å². The van der Waals surface area contributed by atoms with Crippen LogP contribution in [0.5, 0.6) is 11.5 Å². The second-order valence-corrected chi connectivity index (χ2v) is 6.36. The van der Waals surface area contributed by atoms with Crippen molar-refractivity contribution in [3.8, 4) is 11.5 Å². The van der Waals surface area contributed by atoms with Gasteiger partial charge in [-0.25, -0.2) is 0 Å². The molecule has 0 amide bonds. The lowest BCUT2D eigenvalue weighted by Gasteiger charge is -2.32. The molecular weight excluding hydrogens is 250 g/mol. The molecule has 110 valence electrons. The summed E-state index contributed by atoms with van der Waals surface area (Å²) in [5, 5.41) is 3.27. The first-order valence-electron chi connectivity index (χ1n) is 7.78. The predicted molar refractivity (Wildman–Crippen MR) is 80.3 cm³/mol. The fourth-order valence-corrected chi connectivity index (χ4v) is 3.30. The van der Waals surface area contributed by atoms with Crippen LogP contribution in [0.3, 0.4) is 0 Å². The van der Waals surface area contributed by atoms with Crippen LogP contribution in [-0.4, -0.2) is 19.8 Å². The Morgan fingerprint density at radius 1 is 1.20 bits per heavy atom. The maximum atomic E-state index is 6.17. The lowest BCUT2D eigenvalue weighted by atomic mass is 9.80. The Labute approximate surface area is 121 Å². The van der Waals surface area contributed by atoms with Crippen molar-refractivity contribution in [3.05, 3.63) is 23.8 Å². The molecule has 1 fully saturated rings. The van der Waals surface area contributed by atoms with E-state index in [2.05, 4.69) is 37.4 Å². The highest BCUT2D eigenvalue weighted by Gasteiger charge is 2.27. The summed E-state index contributed by atoms with van der Waals surface area (Å²) in [4.78, 5) is 0. The van der Waals surface area contributed by atoms with Crippen molar-refractivity contribution >= 4 is 0 Å². The molecule has 3 rings (SSSR count). The first-order valence-corrected chi connectivity index (χ1v) is 7.78. The number of benzene rings is 1. The molecule has 0 bridgehead atoms. The lowest BCUT2D eigenvalue weighted by Crippen LogP contribution is -2.28. The number of fused-ring (bicyclic) bond motifs is 1. The normalized spacial score (nSPS) is 32.5. The van der Waals surface area contributed by atoms with E-state index in [1.165, 1.54) is 18.4 Å². The molecule has 3 nitrogen and oxygen atoms in total. The number of nitrogens with one attached hydrogen (secondary N) is 1. The highest BCUT2D eigenvalue weighted by molar-refractivity contribution is 5.45. The highest BCUT2D eigenvalue weighted by Crippen LogP contribution is 2.37. The molecule has 1 aliphatic heterocycles. The van der Waals surface area contributed by atoms with Crippen LogP contribution in [0, 0.1) is 11.8 Å². The minimum absolute atomic E-state index is 0.314. The molecular formula is C17H25NO2. The second-order valence-electron chi connectivity index (χ2n) is 6.36. The fraction of sp³-hybridized carbons (Fsp3) is 0.647. The lowest BCUT2D eigenvalue weighted by molar-refractivity contribution is 0.100. The average molecular weight is 275 g/mol. The number of ether oxygens (including phenoxy) is 2. The van der Waals surface area contributed by atoms with Crippen molar-refractivity contribution in [2.24, 2.45) is 11.8 Å². The van der Waals surface area contributed by atoms with E-state index in [1.54, 1.807) is 0 Å². The van der Waals surface area contributed by atoms with Crippen LogP contribution in [-0.2, 0) is 0 Å². The number of likely N-dealkylation sites (N-methyl/N-ethyl adjacent to an activating group) is 1. The first kappa shape index (κ1) is 13.7. The monoisotopic (exact) mass is 275 g/mol. The largest absolute Gasteiger partial charge is 0.491 e. The molecule has 4 unspecified atom stereocenters. The Morgan fingerprint density at radius 2 is 2.05 bits per heavy atom. The topological polar surface area (TPSA) is 30.5 Å². The van der Waals surface area contributed by atoms with Crippen LogP contribution in [0.1, 0.15) is 44.7 Å². The minimum Gasteiger partial charge on any atom is -0.491 e. The summed E-state index contributed by atoms with van der Waals surface area (Å²) in [7, 11) is 1.97. The van der Waals surface area contributed by atoms with Crippen molar-refractivity contribution in [2.75, 3.05) is 13.7 Å². The predicted octanol–water partition coefficient (Wildman–Crippen LogP) is 3.54. The van der Waals surface area contributed by atoms with Gasteiger partial charge in [0.15, 0.2) is 0 Å². The molecule has 2 aliphatic rings. The molecule has 1 aliphatic carbocycles. The summed E-state index contributed by atoms with van der Waals surface area (Å²) in [6, 6.07) is 6.58. The zero-order chi connectivity index (χ0) is 14.1. The molecule has 0 saturated heterocycles. The molecule has 0 spiro atoms. The molecule has 1 aromatic rings. The average Bonchev–Trinajstić information content (AvgIpc) is 2.85. The van der Waals surface area contributed by atoms with Gasteiger partial charge in [0.1, 0.15) is 18.1 Å². The van der Waals surface area contributed by atoms with E-state index < -0.39 is 0 Å². The first-order chi connectivity index (χ1) is 9.67. The summed E-state index contributed by atoms with van der Waals surface area (Å²) in [6.07, 6.45) is 3.97. The molecule has 1 saturated carbocycles. The van der Waals surface area contributed by atoms with Crippen molar-refractivity contribution in [3.63, 3.8) is 0 Å². The van der Waals surface area contributed by atoms with Crippen LogP contribution in [0.25, 0.3) is 0 Å². The standard InChI is InChI=1S/C17H25NO2/c1-11-4-5-13(8-12(11)2)20-14-6-7-15-16(18-3)10-19-17(15)9-14/h6-7,9,11-13,16,18H,4-5,8,10H2,1-3H3. The van der Waals surface area contributed by atoms with Crippen LogP contribution in [0.15, 0.2) is 18.2 Å². The molecule has 0 radical (unpaired) electrons. The molecule has 1 N–H and O–H groups in total. The van der Waals surface area contributed by atoms with Gasteiger partial charge in [0, 0.05) is 11.6 Å². The summed E-state index contributed by atoms with van der Waals surface area (Å²) < 4.78 is 11.9. The Balaban J connectivity index is 1.67. The van der Waals surface area contributed by atoms with Gasteiger partial charge in [-0.15, -0.1) is 0 Å². The smallest absolute Gasteiger partial charge is 0.127 e. The molecule has 20 heavy (non-hydrogen) atoms. The Kier molecular flexibility index (Phi) is 3.88. The van der Waals surface area contributed by atoms with E-state index in [-0.39, 0.29) is 0 Å². The zero-order valence-electron chi connectivity index (χ0n) is 12.7. The van der Waals surface area contributed by atoms with Gasteiger partial charge in [-0.1, -0.05) is 13.8 Å². The van der Waals surface area contributed by atoms with Gasteiger partial charge in [-0.3, -0.25) is 0 Å². The highest BCUT2D eigenvalue weighted by atomic mass is 16.5. The third-order valence-electron chi connectivity index (χ3n) is 4.97. The van der Waals surface area contributed by atoms with E-state index >= 15 is 0 Å². The summed E-state index contributed by atoms with van der Waals surface area (Å²) >= 11 is 0. The zero-order valence-corrected chi connectivity index (χ0v) is 12.7. The minimum atomic E-state index is 0.314. The Hall–Kier alpha value is -1.22. The van der Waals surface area contributed by atoms with Crippen molar-refractivity contribution < 1.29 is 9.47 Å².